The largest absolute Gasteiger partial charge is 0.465 e. The summed E-state index contributed by atoms with van der Waals surface area (Å²) in [6.45, 7) is 4.19. The summed E-state index contributed by atoms with van der Waals surface area (Å²) in [5.41, 5.74) is 7.71. The molecule has 1 aliphatic rings. The third-order valence-corrected chi connectivity index (χ3v) is 7.37. The Labute approximate surface area is 228 Å². The fraction of sp³-hybridized carbons (Fsp3) is 0.233. The van der Waals surface area contributed by atoms with Crippen molar-refractivity contribution in [2.75, 3.05) is 31.0 Å². The van der Waals surface area contributed by atoms with Crippen LogP contribution in [0.15, 0.2) is 79.0 Å². The Hall–Kier alpha value is -4.17. The monoisotopic (exact) mass is 525 g/mol. The van der Waals surface area contributed by atoms with Gasteiger partial charge in [-0.25, -0.2) is 4.79 Å². The highest BCUT2D eigenvalue weighted by Crippen LogP contribution is 2.44. The van der Waals surface area contributed by atoms with Gasteiger partial charge in [0.1, 0.15) is 0 Å². The normalized spacial score (nSPS) is 16.9. The van der Waals surface area contributed by atoms with Gasteiger partial charge in [-0.1, -0.05) is 12.1 Å². The van der Waals surface area contributed by atoms with Gasteiger partial charge in [0.05, 0.1) is 30.5 Å². The maximum Gasteiger partial charge on any atom is 0.337 e. The summed E-state index contributed by atoms with van der Waals surface area (Å²) >= 11 is 5.91. The minimum atomic E-state index is -0.359. The van der Waals surface area contributed by atoms with E-state index in [0.717, 1.165) is 39.7 Å². The first-order chi connectivity index (χ1) is 18.3. The second-order valence-electron chi connectivity index (χ2n) is 9.61. The average Bonchev–Trinajstić information content (AvgIpc) is 3.43. The van der Waals surface area contributed by atoms with Crippen LogP contribution in [0.1, 0.15) is 45.1 Å². The molecule has 4 aromatic rings. The zero-order valence-corrected chi connectivity index (χ0v) is 23.0. The second kappa shape index (κ2) is 10.3. The molecule has 0 spiro atoms. The molecule has 0 unspecified atom stereocenters. The van der Waals surface area contributed by atoms with E-state index in [-0.39, 0.29) is 18.1 Å². The van der Waals surface area contributed by atoms with Gasteiger partial charge in [-0.15, -0.1) is 0 Å². The number of methoxy groups -OCH3 is 1. The molecule has 1 fully saturated rings. The maximum absolute atomic E-state index is 12.2. The van der Waals surface area contributed by atoms with E-state index in [9.17, 15) is 4.79 Å². The first-order valence-electron chi connectivity index (χ1n) is 12.5. The number of rotatable bonds is 6. The molecule has 0 amide bonds. The number of ether oxygens (including phenoxy) is 1. The lowest BCUT2D eigenvalue weighted by atomic mass is 9.96. The highest BCUT2D eigenvalue weighted by Gasteiger charge is 2.42. The van der Waals surface area contributed by atoms with Crippen LogP contribution in [0.2, 0.25) is 0 Å². The first-order valence-corrected chi connectivity index (χ1v) is 12.9. The van der Waals surface area contributed by atoms with Crippen LogP contribution in [0, 0.1) is 13.8 Å². The van der Waals surface area contributed by atoms with Crippen molar-refractivity contribution < 1.29 is 9.53 Å². The summed E-state index contributed by atoms with van der Waals surface area (Å²) in [6, 6.07) is 23.8. The van der Waals surface area contributed by atoms with Crippen LogP contribution in [0.5, 0.6) is 0 Å². The number of anilines is 2. The minimum absolute atomic E-state index is 0.133. The first kappa shape index (κ1) is 25.5. The van der Waals surface area contributed by atoms with Crippen LogP contribution in [0.25, 0.3) is 5.69 Å². The minimum Gasteiger partial charge on any atom is -0.465 e. The summed E-state index contributed by atoms with van der Waals surface area (Å²) in [5.74, 6) is -0.359. The van der Waals surface area contributed by atoms with E-state index in [1.807, 2.05) is 56.7 Å². The van der Waals surface area contributed by atoms with Crippen molar-refractivity contribution in [1.29, 1.82) is 0 Å². The molecule has 2 atom stereocenters. The number of nitrogens with one attached hydrogen (secondary N) is 1. The van der Waals surface area contributed by atoms with Crippen molar-refractivity contribution in [1.82, 2.24) is 14.9 Å². The summed E-state index contributed by atoms with van der Waals surface area (Å²) in [4.78, 5) is 21.2. The number of carbonyl (C=O) groups is 1. The Bertz CT molecular complexity index is 1480. The van der Waals surface area contributed by atoms with Crippen molar-refractivity contribution in [3.05, 3.63) is 107 Å². The van der Waals surface area contributed by atoms with E-state index < -0.39 is 0 Å². The van der Waals surface area contributed by atoms with Gasteiger partial charge in [0.2, 0.25) is 0 Å². The van der Waals surface area contributed by atoms with Crippen LogP contribution >= 0.6 is 12.2 Å². The number of hydrogen-bond donors (Lipinski definition) is 1. The lowest BCUT2D eigenvalue weighted by Gasteiger charge is -2.28. The van der Waals surface area contributed by atoms with Crippen molar-refractivity contribution in [2.24, 2.45) is 0 Å². The molecule has 1 N–H and O–H groups in total. The van der Waals surface area contributed by atoms with Gasteiger partial charge in [0, 0.05) is 48.7 Å². The Balaban J connectivity index is 1.64. The smallest absolute Gasteiger partial charge is 0.337 e. The van der Waals surface area contributed by atoms with Crippen LogP contribution in [0.4, 0.5) is 11.4 Å². The number of nitrogens with zero attached hydrogens (tertiary/aromatic N) is 4. The Kier molecular flexibility index (Phi) is 6.91. The highest BCUT2D eigenvalue weighted by molar-refractivity contribution is 7.80. The maximum atomic E-state index is 12.2. The zero-order chi connectivity index (χ0) is 27.0. The van der Waals surface area contributed by atoms with Crippen molar-refractivity contribution in [3.8, 4) is 5.69 Å². The van der Waals surface area contributed by atoms with Gasteiger partial charge in [-0.05, 0) is 92.3 Å². The van der Waals surface area contributed by atoms with E-state index in [1.165, 1.54) is 7.11 Å². The van der Waals surface area contributed by atoms with E-state index >= 15 is 0 Å². The number of aryl methyl sites for hydroxylation is 1. The number of aromatic nitrogens is 2. The van der Waals surface area contributed by atoms with Crippen LogP contribution in [-0.4, -0.2) is 41.8 Å². The fourth-order valence-electron chi connectivity index (χ4n) is 5.23. The molecule has 0 saturated carbocycles. The lowest BCUT2D eigenvalue weighted by molar-refractivity contribution is 0.0600. The predicted molar refractivity (Wildman–Crippen MR) is 155 cm³/mol. The van der Waals surface area contributed by atoms with E-state index in [1.54, 1.807) is 6.07 Å². The molecule has 1 saturated heterocycles. The summed E-state index contributed by atoms with van der Waals surface area (Å²) in [7, 11) is 5.45. The molecule has 38 heavy (non-hydrogen) atoms. The predicted octanol–water partition coefficient (Wildman–Crippen LogP) is 5.52. The van der Waals surface area contributed by atoms with Crippen molar-refractivity contribution in [2.45, 2.75) is 25.9 Å². The van der Waals surface area contributed by atoms with E-state index in [2.05, 4.69) is 68.8 Å². The van der Waals surface area contributed by atoms with E-state index in [0.29, 0.717) is 10.7 Å². The molecule has 3 heterocycles. The quantitative estimate of drug-likeness (QED) is 0.263. The average molecular weight is 526 g/mol. The topological polar surface area (TPSA) is 62.6 Å². The SMILES string of the molecule is COC(=O)c1cccc(-n2c(C)cc([C@@H]3[C@@H](c4ccccn4)NC(=S)N3c3ccc(N(C)C)cc3)c2C)c1. The Morgan fingerprint density at radius 1 is 1.00 bits per heavy atom. The number of pyridine rings is 1. The molecule has 7 nitrogen and oxygen atoms in total. The third-order valence-electron chi connectivity index (χ3n) is 7.06. The molecule has 2 aromatic heterocycles. The van der Waals surface area contributed by atoms with Crippen LogP contribution in [0.3, 0.4) is 0 Å². The standard InChI is InChI=1S/C30H31N5O2S/c1-19-17-25(20(2)34(19)24-10-8-9-21(18-24)29(36)37-5)28-27(26-11-6-7-16-31-26)32-30(38)35(28)23-14-12-22(13-15-23)33(3)4/h6-18,27-28H,1-5H3,(H,32,38)/t27-,28-/m1/s1. The molecule has 5 rings (SSSR count). The lowest BCUT2D eigenvalue weighted by Crippen LogP contribution is -2.29. The molecule has 2 aromatic carbocycles. The molecular weight excluding hydrogens is 494 g/mol. The second-order valence-corrected chi connectivity index (χ2v) is 10.00. The number of carbonyl (C=O) groups excluding carboxylic acids is 1. The van der Waals surface area contributed by atoms with E-state index in [4.69, 9.17) is 17.0 Å². The third kappa shape index (κ3) is 4.52. The zero-order valence-electron chi connectivity index (χ0n) is 22.2. The Morgan fingerprint density at radius 3 is 2.42 bits per heavy atom. The number of esters is 1. The number of hydrogen-bond acceptors (Lipinski definition) is 5. The van der Waals surface area contributed by atoms with Gasteiger partial charge < -0.3 is 24.4 Å². The molecule has 0 radical (unpaired) electrons. The van der Waals surface area contributed by atoms with Gasteiger partial charge >= 0.3 is 5.97 Å². The van der Waals surface area contributed by atoms with Gasteiger partial charge in [-0.3, -0.25) is 4.98 Å². The fourth-order valence-corrected chi connectivity index (χ4v) is 5.58. The van der Waals surface area contributed by atoms with Crippen molar-refractivity contribution in [3.63, 3.8) is 0 Å². The molecular formula is C30H31N5O2S. The number of thiocarbonyl (C=S) groups is 1. The summed E-state index contributed by atoms with van der Waals surface area (Å²) < 4.78 is 7.12. The molecule has 0 aliphatic carbocycles. The number of benzene rings is 2. The van der Waals surface area contributed by atoms with Crippen LogP contribution in [-0.2, 0) is 4.74 Å². The van der Waals surface area contributed by atoms with Crippen molar-refractivity contribution >= 4 is 34.7 Å². The molecule has 1 aliphatic heterocycles. The van der Waals surface area contributed by atoms with Crippen LogP contribution < -0.4 is 15.1 Å². The molecule has 8 heteroatoms. The highest BCUT2D eigenvalue weighted by atomic mass is 32.1. The van der Waals surface area contributed by atoms with Gasteiger partial charge in [0.15, 0.2) is 5.11 Å². The summed E-state index contributed by atoms with van der Waals surface area (Å²) in [5, 5.41) is 4.20. The Morgan fingerprint density at radius 2 is 1.76 bits per heavy atom. The van der Waals surface area contributed by atoms with Gasteiger partial charge in [-0.2, -0.15) is 0 Å². The van der Waals surface area contributed by atoms with Gasteiger partial charge in [0.25, 0.3) is 0 Å². The summed E-state index contributed by atoms with van der Waals surface area (Å²) in [6.07, 6.45) is 1.81. The molecule has 0 bridgehead atoms. The molecule has 194 valence electrons.